The molecule has 0 aliphatic rings. The van der Waals surface area contributed by atoms with Crippen LogP contribution in [0.3, 0.4) is 0 Å². The minimum atomic E-state index is 0.490. The molecule has 3 heteroatoms. The third kappa shape index (κ3) is 2.31. The fraction of sp³-hybridized carbons (Fsp3) is 0.400. The summed E-state index contributed by atoms with van der Waals surface area (Å²) in [6.45, 7) is 6.83. The van der Waals surface area contributed by atoms with Crippen molar-refractivity contribution < 1.29 is 0 Å². The van der Waals surface area contributed by atoms with Gasteiger partial charge in [0, 0.05) is 19.2 Å². The van der Waals surface area contributed by atoms with Gasteiger partial charge in [-0.15, -0.1) is 0 Å². The summed E-state index contributed by atoms with van der Waals surface area (Å²) in [5.41, 5.74) is 12.0. The highest BCUT2D eigenvalue weighted by Gasteiger charge is 2.11. The molecule has 0 amide bonds. The molecule has 2 aromatic rings. The van der Waals surface area contributed by atoms with Gasteiger partial charge >= 0.3 is 0 Å². The van der Waals surface area contributed by atoms with Crippen LogP contribution in [0.15, 0.2) is 18.2 Å². The van der Waals surface area contributed by atoms with E-state index in [1.54, 1.807) is 0 Å². The molecular weight excluding hydrogens is 222 g/mol. The summed E-state index contributed by atoms with van der Waals surface area (Å²) in [6, 6.07) is 6.59. The van der Waals surface area contributed by atoms with Crippen molar-refractivity contribution in [3.8, 4) is 0 Å². The maximum atomic E-state index is 5.70. The van der Waals surface area contributed by atoms with Gasteiger partial charge in [-0.1, -0.05) is 23.8 Å². The summed E-state index contributed by atoms with van der Waals surface area (Å²) in [4.78, 5) is 4.51. The quantitative estimate of drug-likeness (QED) is 0.899. The Morgan fingerprint density at radius 1 is 1.22 bits per heavy atom. The number of nitrogens with two attached hydrogens (primary N) is 1. The Morgan fingerprint density at radius 3 is 2.56 bits per heavy atom. The molecule has 0 aliphatic carbocycles. The zero-order chi connectivity index (χ0) is 13.3. The van der Waals surface area contributed by atoms with Gasteiger partial charge in [0.2, 0.25) is 0 Å². The largest absolute Gasteiger partial charge is 0.333 e. The minimum absolute atomic E-state index is 0.490. The van der Waals surface area contributed by atoms with Gasteiger partial charge in [0.05, 0.1) is 12.2 Å². The van der Waals surface area contributed by atoms with Crippen LogP contribution in [0.25, 0.3) is 0 Å². The third-order valence-corrected chi connectivity index (χ3v) is 3.55. The van der Waals surface area contributed by atoms with E-state index in [1.807, 2.05) is 7.05 Å². The second kappa shape index (κ2) is 4.94. The van der Waals surface area contributed by atoms with Gasteiger partial charge in [-0.3, -0.25) is 0 Å². The monoisotopic (exact) mass is 243 g/mol. The zero-order valence-corrected chi connectivity index (χ0v) is 11.6. The van der Waals surface area contributed by atoms with Crippen LogP contribution in [0, 0.1) is 20.8 Å². The van der Waals surface area contributed by atoms with Crippen LogP contribution >= 0.6 is 0 Å². The molecule has 0 spiro atoms. The fourth-order valence-corrected chi connectivity index (χ4v) is 2.33. The van der Waals surface area contributed by atoms with E-state index >= 15 is 0 Å². The van der Waals surface area contributed by atoms with Crippen molar-refractivity contribution in [3.63, 3.8) is 0 Å². The molecule has 0 aliphatic heterocycles. The molecule has 0 unspecified atom stereocenters. The summed E-state index contributed by atoms with van der Waals surface area (Å²) in [6.07, 6.45) is 0.919. The normalized spacial score (nSPS) is 10.9. The van der Waals surface area contributed by atoms with Gasteiger partial charge in [0.1, 0.15) is 5.82 Å². The summed E-state index contributed by atoms with van der Waals surface area (Å²) in [7, 11) is 2.04. The van der Waals surface area contributed by atoms with Crippen molar-refractivity contribution in [1.29, 1.82) is 0 Å². The van der Waals surface area contributed by atoms with Gasteiger partial charge in [-0.25, -0.2) is 4.98 Å². The van der Waals surface area contributed by atoms with Crippen LogP contribution in [0.1, 0.15) is 33.9 Å². The van der Waals surface area contributed by atoms with Crippen molar-refractivity contribution in [2.24, 2.45) is 12.8 Å². The summed E-state index contributed by atoms with van der Waals surface area (Å²) >= 11 is 0. The van der Waals surface area contributed by atoms with Crippen LogP contribution < -0.4 is 5.73 Å². The molecule has 3 nitrogen and oxygen atoms in total. The number of imidazole rings is 1. The van der Waals surface area contributed by atoms with Crippen LogP contribution in [0.2, 0.25) is 0 Å². The SMILES string of the molecule is Cc1ccc(C)c(Cc2c(C)nc(CN)n2C)c1. The van der Waals surface area contributed by atoms with Gasteiger partial charge in [0.15, 0.2) is 0 Å². The van der Waals surface area contributed by atoms with Gasteiger partial charge < -0.3 is 10.3 Å². The number of aryl methyl sites for hydroxylation is 3. The lowest BCUT2D eigenvalue weighted by Crippen LogP contribution is -2.07. The van der Waals surface area contributed by atoms with E-state index in [1.165, 1.54) is 22.4 Å². The number of aromatic nitrogens is 2. The van der Waals surface area contributed by atoms with Crippen molar-refractivity contribution >= 4 is 0 Å². The Hall–Kier alpha value is -1.61. The van der Waals surface area contributed by atoms with Crippen molar-refractivity contribution in [2.45, 2.75) is 33.7 Å². The molecule has 1 aromatic heterocycles. The van der Waals surface area contributed by atoms with Gasteiger partial charge in [-0.05, 0) is 31.9 Å². The number of hydrogen-bond acceptors (Lipinski definition) is 2. The van der Waals surface area contributed by atoms with Gasteiger partial charge in [-0.2, -0.15) is 0 Å². The molecule has 0 saturated carbocycles. The Bertz CT molecular complexity index is 567. The van der Waals surface area contributed by atoms with Gasteiger partial charge in [0.25, 0.3) is 0 Å². The predicted molar refractivity (Wildman–Crippen MR) is 74.6 cm³/mol. The van der Waals surface area contributed by atoms with Crippen LogP contribution in [0.5, 0.6) is 0 Å². The predicted octanol–water partition coefficient (Wildman–Crippen LogP) is 2.39. The molecule has 2 rings (SSSR count). The molecule has 0 fully saturated rings. The fourth-order valence-electron chi connectivity index (χ4n) is 2.33. The van der Waals surface area contributed by atoms with E-state index in [4.69, 9.17) is 5.73 Å². The van der Waals surface area contributed by atoms with E-state index in [0.717, 1.165) is 17.9 Å². The topological polar surface area (TPSA) is 43.8 Å². The highest BCUT2D eigenvalue weighted by atomic mass is 15.1. The maximum Gasteiger partial charge on any atom is 0.122 e. The average molecular weight is 243 g/mol. The summed E-state index contributed by atoms with van der Waals surface area (Å²) in [5, 5.41) is 0. The zero-order valence-electron chi connectivity index (χ0n) is 11.6. The second-order valence-corrected chi connectivity index (χ2v) is 4.93. The van der Waals surface area contributed by atoms with Crippen molar-refractivity contribution in [1.82, 2.24) is 9.55 Å². The van der Waals surface area contributed by atoms with E-state index in [2.05, 4.69) is 48.5 Å². The van der Waals surface area contributed by atoms with E-state index < -0.39 is 0 Å². The first-order valence-electron chi connectivity index (χ1n) is 6.30. The number of hydrogen-bond donors (Lipinski definition) is 1. The summed E-state index contributed by atoms with van der Waals surface area (Å²) < 4.78 is 2.12. The molecule has 1 heterocycles. The number of rotatable bonds is 3. The molecule has 0 atom stereocenters. The van der Waals surface area contributed by atoms with Crippen LogP contribution in [-0.2, 0) is 20.0 Å². The lowest BCUT2D eigenvalue weighted by molar-refractivity contribution is 0.759. The first-order chi connectivity index (χ1) is 8.52. The highest BCUT2D eigenvalue weighted by Crippen LogP contribution is 2.18. The maximum absolute atomic E-state index is 5.70. The van der Waals surface area contributed by atoms with E-state index in [0.29, 0.717) is 6.54 Å². The third-order valence-electron chi connectivity index (χ3n) is 3.55. The minimum Gasteiger partial charge on any atom is -0.333 e. The Balaban J connectivity index is 2.39. The van der Waals surface area contributed by atoms with Crippen LogP contribution in [0.4, 0.5) is 0 Å². The number of nitrogens with zero attached hydrogens (tertiary/aromatic N) is 2. The van der Waals surface area contributed by atoms with Crippen LogP contribution in [-0.4, -0.2) is 9.55 Å². The average Bonchev–Trinajstić information content (AvgIpc) is 2.61. The van der Waals surface area contributed by atoms with E-state index in [-0.39, 0.29) is 0 Å². The first kappa shape index (κ1) is 12.8. The summed E-state index contributed by atoms with van der Waals surface area (Å²) in [5.74, 6) is 0.952. The molecule has 96 valence electrons. The molecule has 18 heavy (non-hydrogen) atoms. The first-order valence-corrected chi connectivity index (χ1v) is 6.30. The second-order valence-electron chi connectivity index (χ2n) is 4.93. The molecule has 2 N–H and O–H groups in total. The Morgan fingerprint density at radius 2 is 1.94 bits per heavy atom. The smallest absolute Gasteiger partial charge is 0.122 e. The Kier molecular flexibility index (Phi) is 3.53. The molecular formula is C15H21N3. The molecule has 1 aromatic carbocycles. The molecule has 0 bridgehead atoms. The molecule has 0 saturated heterocycles. The lowest BCUT2D eigenvalue weighted by atomic mass is 10.0. The molecule has 0 radical (unpaired) electrons. The highest BCUT2D eigenvalue weighted by molar-refractivity contribution is 5.35. The number of benzene rings is 1. The standard InChI is InChI=1S/C15H21N3/c1-10-5-6-11(2)13(7-10)8-14-12(3)17-15(9-16)18(14)4/h5-7H,8-9,16H2,1-4H3. The van der Waals surface area contributed by atoms with Crippen molar-refractivity contribution in [2.75, 3.05) is 0 Å². The van der Waals surface area contributed by atoms with E-state index in [9.17, 15) is 0 Å². The lowest BCUT2D eigenvalue weighted by Gasteiger charge is -2.09. The Labute approximate surface area is 109 Å². The van der Waals surface area contributed by atoms with Crippen molar-refractivity contribution in [3.05, 3.63) is 52.1 Å².